The number of amides is 1. The zero-order valence-corrected chi connectivity index (χ0v) is 9.72. The number of thioether (sulfide) groups is 1. The summed E-state index contributed by atoms with van der Waals surface area (Å²) in [7, 11) is 0. The number of primary amides is 1. The highest BCUT2D eigenvalue weighted by atomic mass is 35.5. The first-order valence-electron chi connectivity index (χ1n) is 4.53. The standard InChI is InChI=1S/C10H13ClN2OS/c11-7-1-3-8(4-2-7)15-6-5-9(12)10(13)14/h1-4,9H,5-6,12H2,(H2,13,14). The fourth-order valence-electron chi connectivity index (χ4n) is 0.977. The number of hydrogen-bond acceptors (Lipinski definition) is 3. The maximum atomic E-state index is 10.7. The van der Waals surface area contributed by atoms with E-state index in [4.69, 9.17) is 23.1 Å². The molecule has 0 aliphatic rings. The van der Waals surface area contributed by atoms with Gasteiger partial charge >= 0.3 is 0 Å². The Morgan fingerprint density at radius 1 is 1.40 bits per heavy atom. The molecule has 1 aromatic rings. The lowest BCUT2D eigenvalue weighted by Crippen LogP contribution is -2.36. The number of carbonyl (C=O) groups is 1. The summed E-state index contributed by atoms with van der Waals surface area (Å²) in [5, 5.41) is 0.716. The van der Waals surface area contributed by atoms with Gasteiger partial charge in [-0.3, -0.25) is 4.79 Å². The molecule has 0 spiro atoms. The second-order valence-corrected chi connectivity index (χ2v) is 4.70. The minimum Gasteiger partial charge on any atom is -0.368 e. The van der Waals surface area contributed by atoms with Crippen molar-refractivity contribution >= 4 is 29.3 Å². The molecule has 0 heterocycles. The van der Waals surface area contributed by atoms with Crippen LogP contribution in [0.1, 0.15) is 6.42 Å². The molecule has 1 atom stereocenters. The first-order chi connectivity index (χ1) is 7.09. The topological polar surface area (TPSA) is 69.1 Å². The predicted molar refractivity (Wildman–Crippen MR) is 64.0 cm³/mol. The predicted octanol–water partition coefficient (Wildman–Crippen LogP) is 1.63. The molecule has 0 aromatic heterocycles. The van der Waals surface area contributed by atoms with Crippen LogP contribution in [0.3, 0.4) is 0 Å². The van der Waals surface area contributed by atoms with E-state index in [0.29, 0.717) is 11.4 Å². The highest BCUT2D eigenvalue weighted by Crippen LogP contribution is 2.21. The molecule has 0 saturated heterocycles. The summed E-state index contributed by atoms with van der Waals surface area (Å²) in [6, 6.07) is 6.98. The summed E-state index contributed by atoms with van der Waals surface area (Å²) < 4.78 is 0. The van der Waals surface area contributed by atoms with Gasteiger partial charge in [0, 0.05) is 9.92 Å². The molecular weight excluding hydrogens is 232 g/mol. The Hall–Kier alpha value is -0.710. The second kappa shape index (κ2) is 6.00. The van der Waals surface area contributed by atoms with E-state index in [2.05, 4.69) is 0 Å². The van der Waals surface area contributed by atoms with Crippen LogP contribution in [-0.4, -0.2) is 17.7 Å². The minimum absolute atomic E-state index is 0.452. The van der Waals surface area contributed by atoms with Gasteiger partial charge in [0.1, 0.15) is 0 Å². The average molecular weight is 245 g/mol. The Morgan fingerprint density at radius 3 is 2.53 bits per heavy atom. The van der Waals surface area contributed by atoms with E-state index in [1.807, 2.05) is 24.3 Å². The van der Waals surface area contributed by atoms with Crippen molar-refractivity contribution in [2.45, 2.75) is 17.4 Å². The van der Waals surface area contributed by atoms with Crippen molar-refractivity contribution < 1.29 is 4.79 Å². The van der Waals surface area contributed by atoms with Gasteiger partial charge in [-0.2, -0.15) is 0 Å². The molecule has 0 saturated carbocycles. The lowest BCUT2D eigenvalue weighted by Gasteiger charge is -2.06. The fourth-order valence-corrected chi connectivity index (χ4v) is 2.04. The number of rotatable bonds is 5. The quantitative estimate of drug-likeness (QED) is 0.774. The summed E-state index contributed by atoms with van der Waals surface area (Å²) in [6.07, 6.45) is 0.586. The van der Waals surface area contributed by atoms with Crippen LogP contribution >= 0.6 is 23.4 Å². The molecule has 4 N–H and O–H groups in total. The Balaban J connectivity index is 2.32. The van der Waals surface area contributed by atoms with Crippen LogP contribution in [0.2, 0.25) is 5.02 Å². The van der Waals surface area contributed by atoms with E-state index in [9.17, 15) is 4.79 Å². The molecular formula is C10H13ClN2OS. The normalized spacial score (nSPS) is 12.4. The molecule has 3 nitrogen and oxygen atoms in total. The molecule has 1 aromatic carbocycles. The summed E-state index contributed by atoms with van der Waals surface area (Å²) in [6.45, 7) is 0. The van der Waals surface area contributed by atoms with Crippen molar-refractivity contribution in [3.63, 3.8) is 0 Å². The fraction of sp³-hybridized carbons (Fsp3) is 0.300. The Labute approximate surface area is 98.2 Å². The average Bonchev–Trinajstić information content (AvgIpc) is 2.20. The third-order valence-corrected chi connectivity index (χ3v) is 3.17. The van der Waals surface area contributed by atoms with Gasteiger partial charge in [-0.1, -0.05) is 11.6 Å². The van der Waals surface area contributed by atoms with Crippen LogP contribution in [-0.2, 0) is 4.79 Å². The van der Waals surface area contributed by atoms with Gasteiger partial charge in [0.2, 0.25) is 5.91 Å². The van der Waals surface area contributed by atoms with E-state index in [0.717, 1.165) is 10.6 Å². The van der Waals surface area contributed by atoms with Crippen molar-refractivity contribution in [3.8, 4) is 0 Å². The summed E-state index contributed by atoms with van der Waals surface area (Å²) in [5.41, 5.74) is 10.5. The van der Waals surface area contributed by atoms with Crippen LogP contribution < -0.4 is 11.5 Å². The molecule has 0 fully saturated rings. The van der Waals surface area contributed by atoms with Crippen LogP contribution in [0, 0.1) is 0 Å². The van der Waals surface area contributed by atoms with Gasteiger partial charge in [0.05, 0.1) is 6.04 Å². The number of nitrogens with two attached hydrogens (primary N) is 2. The van der Waals surface area contributed by atoms with Crippen LogP contribution in [0.4, 0.5) is 0 Å². The lowest BCUT2D eigenvalue weighted by molar-refractivity contribution is -0.119. The maximum Gasteiger partial charge on any atom is 0.234 e. The molecule has 0 radical (unpaired) electrons. The summed E-state index contributed by atoms with van der Waals surface area (Å²) >= 11 is 7.38. The Morgan fingerprint density at radius 2 is 2.00 bits per heavy atom. The minimum atomic E-state index is -0.551. The molecule has 1 unspecified atom stereocenters. The van der Waals surface area contributed by atoms with E-state index in [1.54, 1.807) is 11.8 Å². The van der Waals surface area contributed by atoms with Gasteiger partial charge in [-0.25, -0.2) is 0 Å². The molecule has 82 valence electrons. The number of halogens is 1. The van der Waals surface area contributed by atoms with Crippen LogP contribution in [0.5, 0.6) is 0 Å². The van der Waals surface area contributed by atoms with Crippen molar-refractivity contribution in [1.29, 1.82) is 0 Å². The zero-order valence-electron chi connectivity index (χ0n) is 8.15. The van der Waals surface area contributed by atoms with Gasteiger partial charge in [-0.05, 0) is 36.4 Å². The first-order valence-corrected chi connectivity index (χ1v) is 5.89. The number of benzene rings is 1. The van der Waals surface area contributed by atoms with Gasteiger partial charge in [-0.15, -0.1) is 11.8 Å². The number of hydrogen-bond donors (Lipinski definition) is 2. The van der Waals surface area contributed by atoms with Crippen LogP contribution in [0.25, 0.3) is 0 Å². The summed E-state index contributed by atoms with van der Waals surface area (Å²) in [4.78, 5) is 11.8. The second-order valence-electron chi connectivity index (χ2n) is 3.10. The Kier molecular flexibility index (Phi) is 4.94. The smallest absolute Gasteiger partial charge is 0.234 e. The summed E-state index contributed by atoms with van der Waals surface area (Å²) in [5.74, 6) is 0.317. The van der Waals surface area contributed by atoms with Crippen molar-refractivity contribution in [2.24, 2.45) is 11.5 Å². The van der Waals surface area contributed by atoms with Crippen LogP contribution in [0.15, 0.2) is 29.2 Å². The van der Waals surface area contributed by atoms with Crippen molar-refractivity contribution in [3.05, 3.63) is 29.3 Å². The molecule has 0 bridgehead atoms. The lowest BCUT2D eigenvalue weighted by atomic mass is 10.2. The van der Waals surface area contributed by atoms with E-state index in [-0.39, 0.29) is 0 Å². The van der Waals surface area contributed by atoms with Crippen molar-refractivity contribution in [2.75, 3.05) is 5.75 Å². The third kappa shape index (κ3) is 4.55. The molecule has 15 heavy (non-hydrogen) atoms. The van der Waals surface area contributed by atoms with Gasteiger partial charge in [0.25, 0.3) is 0 Å². The van der Waals surface area contributed by atoms with Gasteiger partial charge < -0.3 is 11.5 Å². The monoisotopic (exact) mass is 244 g/mol. The highest BCUT2D eigenvalue weighted by Gasteiger charge is 2.08. The molecule has 0 aliphatic heterocycles. The maximum absolute atomic E-state index is 10.7. The molecule has 1 amide bonds. The molecule has 5 heteroatoms. The van der Waals surface area contributed by atoms with E-state index >= 15 is 0 Å². The van der Waals surface area contributed by atoms with E-state index < -0.39 is 11.9 Å². The molecule has 1 rings (SSSR count). The molecule has 0 aliphatic carbocycles. The SMILES string of the molecule is NC(=O)C(N)CCSc1ccc(Cl)cc1. The van der Waals surface area contributed by atoms with E-state index in [1.165, 1.54) is 0 Å². The third-order valence-electron chi connectivity index (χ3n) is 1.88. The highest BCUT2D eigenvalue weighted by molar-refractivity contribution is 7.99. The van der Waals surface area contributed by atoms with Crippen molar-refractivity contribution in [1.82, 2.24) is 0 Å². The first kappa shape index (κ1) is 12.4. The zero-order chi connectivity index (χ0) is 11.3. The van der Waals surface area contributed by atoms with Gasteiger partial charge in [0.15, 0.2) is 0 Å². The largest absolute Gasteiger partial charge is 0.368 e. The Bertz CT molecular complexity index is 329. The number of carbonyl (C=O) groups excluding carboxylic acids is 1.